The van der Waals surface area contributed by atoms with Gasteiger partial charge in [0.2, 0.25) is 0 Å². The van der Waals surface area contributed by atoms with Crippen molar-refractivity contribution in [2.24, 2.45) is 0 Å². The van der Waals surface area contributed by atoms with Crippen molar-refractivity contribution in [3.63, 3.8) is 0 Å². The predicted molar refractivity (Wildman–Crippen MR) is 228 cm³/mol. The zero-order chi connectivity index (χ0) is 37.5. The van der Waals surface area contributed by atoms with E-state index in [9.17, 15) is 0 Å². The van der Waals surface area contributed by atoms with E-state index >= 15 is 0 Å². The van der Waals surface area contributed by atoms with Crippen LogP contribution in [-0.4, -0.2) is 0 Å². The molecule has 268 valence electrons. The van der Waals surface area contributed by atoms with E-state index in [2.05, 4.69) is 202 Å². The minimum atomic E-state index is -0.0967. The molecule has 0 fully saturated rings. The highest BCUT2D eigenvalue weighted by Crippen LogP contribution is 2.60. The van der Waals surface area contributed by atoms with Gasteiger partial charge in [-0.05, 0) is 110 Å². The molecule has 0 saturated heterocycles. The predicted octanol–water partition coefficient (Wildman–Crippen LogP) is 14.8. The standard InChI is InChI=1S/C52H55N/c1-11-52(12-2)41-25-19-27-46(48(41)38-32-43(49(3,4)5)44(33-42(38)52)50(6,7)8)53(36-30-28-35(29-31-36)34-20-14-13-15-21-34)45-26-18-24-40-47(45)37-22-16-17-23-39(37)51(40,9)10/h13-33H,11-12H2,1-10H3. The van der Waals surface area contributed by atoms with Gasteiger partial charge in [0.15, 0.2) is 0 Å². The van der Waals surface area contributed by atoms with Gasteiger partial charge in [-0.15, -0.1) is 0 Å². The van der Waals surface area contributed by atoms with E-state index < -0.39 is 0 Å². The molecule has 0 heterocycles. The van der Waals surface area contributed by atoms with Crippen LogP contribution in [0.5, 0.6) is 0 Å². The van der Waals surface area contributed by atoms with E-state index in [0.717, 1.165) is 12.8 Å². The fraction of sp³-hybridized carbons (Fsp3) is 0.308. The molecule has 0 spiro atoms. The largest absolute Gasteiger partial charge is 0.309 e. The molecule has 0 aliphatic heterocycles. The summed E-state index contributed by atoms with van der Waals surface area (Å²) in [6.45, 7) is 23.8. The van der Waals surface area contributed by atoms with Gasteiger partial charge in [0.25, 0.3) is 0 Å². The quantitative estimate of drug-likeness (QED) is 0.168. The average molecular weight is 694 g/mol. The lowest BCUT2D eigenvalue weighted by molar-refractivity contribution is 0.484. The molecule has 0 unspecified atom stereocenters. The summed E-state index contributed by atoms with van der Waals surface area (Å²) in [6, 6.07) is 48.4. The third kappa shape index (κ3) is 5.33. The summed E-state index contributed by atoms with van der Waals surface area (Å²) in [5.41, 5.74) is 20.1. The first kappa shape index (κ1) is 35.2. The number of rotatable bonds is 6. The van der Waals surface area contributed by atoms with E-state index in [1.807, 2.05) is 0 Å². The van der Waals surface area contributed by atoms with Crippen molar-refractivity contribution in [2.45, 2.75) is 104 Å². The minimum Gasteiger partial charge on any atom is -0.309 e. The molecule has 0 bridgehead atoms. The van der Waals surface area contributed by atoms with E-state index in [0.29, 0.717) is 0 Å². The Morgan fingerprint density at radius 2 is 0.981 bits per heavy atom. The Morgan fingerprint density at radius 3 is 1.58 bits per heavy atom. The highest BCUT2D eigenvalue weighted by Gasteiger charge is 2.45. The maximum atomic E-state index is 2.62. The lowest BCUT2D eigenvalue weighted by Crippen LogP contribution is -2.26. The van der Waals surface area contributed by atoms with Crippen LogP contribution in [0.3, 0.4) is 0 Å². The van der Waals surface area contributed by atoms with Gasteiger partial charge in [0.05, 0.1) is 11.4 Å². The normalized spacial score (nSPS) is 15.1. The molecule has 0 N–H and O–H groups in total. The lowest BCUT2D eigenvalue weighted by Gasteiger charge is -2.34. The highest BCUT2D eigenvalue weighted by molar-refractivity contribution is 6.00. The maximum Gasteiger partial charge on any atom is 0.0543 e. The first-order valence-electron chi connectivity index (χ1n) is 19.7. The molecule has 1 heteroatoms. The average Bonchev–Trinajstić information content (AvgIpc) is 3.57. The molecular weight excluding hydrogens is 639 g/mol. The van der Waals surface area contributed by atoms with Crippen molar-refractivity contribution >= 4 is 17.1 Å². The van der Waals surface area contributed by atoms with Crippen LogP contribution in [0.1, 0.15) is 115 Å². The SMILES string of the molecule is CCC1(CC)c2cc(C(C)(C)C)c(C(C)(C)C)cc2-c2c(N(c3ccc(-c4ccccc4)cc3)c3cccc4c3-c3ccccc3C4(C)C)cccc21. The van der Waals surface area contributed by atoms with Crippen molar-refractivity contribution in [1.82, 2.24) is 0 Å². The lowest BCUT2D eigenvalue weighted by atomic mass is 9.69. The summed E-state index contributed by atoms with van der Waals surface area (Å²) in [5, 5.41) is 0. The Bertz CT molecular complexity index is 2340. The fourth-order valence-corrected chi connectivity index (χ4v) is 9.77. The fourth-order valence-electron chi connectivity index (χ4n) is 9.77. The van der Waals surface area contributed by atoms with Crippen LogP contribution in [0.2, 0.25) is 0 Å². The van der Waals surface area contributed by atoms with Crippen molar-refractivity contribution in [3.8, 4) is 33.4 Å². The zero-order valence-corrected chi connectivity index (χ0v) is 33.5. The van der Waals surface area contributed by atoms with Gasteiger partial charge < -0.3 is 4.90 Å². The summed E-state index contributed by atoms with van der Waals surface area (Å²) in [7, 11) is 0. The number of hydrogen-bond acceptors (Lipinski definition) is 1. The topological polar surface area (TPSA) is 3.24 Å². The van der Waals surface area contributed by atoms with Crippen LogP contribution < -0.4 is 4.90 Å². The van der Waals surface area contributed by atoms with Crippen LogP contribution in [0.4, 0.5) is 17.1 Å². The van der Waals surface area contributed by atoms with E-state index in [-0.39, 0.29) is 21.7 Å². The Labute approximate surface area is 318 Å². The van der Waals surface area contributed by atoms with Gasteiger partial charge in [-0.3, -0.25) is 0 Å². The van der Waals surface area contributed by atoms with Crippen LogP contribution in [0, 0.1) is 0 Å². The minimum absolute atomic E-state index is 0.00106. The second-order valence-electron chi connectivity index (χ2n) is 18.1. The Morgan fingerprint density at radius 1 is 0.472 bits per heavy atom. The van der Waals surface area contributed by atoms with Gasteiger partial charge >= 0.3 is 0 Å². The number of fused-ring (bicyclic) bond motifs is 6. The number of benzene rings is 6. The van der Waals surface area contributed by atoms with Crippen LogP contribution in [-0.2, 0) is 21.7 Å². The summed E-state index contributed by atoms with van der Waals surface area (Å²) in [6.07, 6.45) is 2.11. The molecule has 2 aliphatic rings. The number of anilines is 3. The smallest absolute Gasteiger partial charge is 0.0543 e. The first-order valence-corrected chi connectivity index (χ1v) is 19.7. The third-order valence-corrected chi connectivity index (χ3v) is 12.6. The molecule has 1 nitrogen and oxygen atoms in total. The van der Waals surface area contributed by atoms with Crippen molar-refractivity contribution in [3.05, 3.63) is 161 Å². The second kappa shape index (κ2) is 12.3. The van der Waals surface area contributed by atoms with E-state index in [1.54, 1.807) is 0 Å². The molecule has 6 aromatic rings. The molecule has 0 amide bonds. The monoisotopic (exact) mass is 693 g/mol. The molecular formula is C52H55N. The summed E-state index contributed by atoms with van der Waals surface area (Å²) in [4.78, 5) is 2.59. The molecule has 0 radical (unpaired) electrons. The van der Waals surface area contributed by atoms with Gasteiger partial charge in [0.1, 0.15) is 0 Å². The number of nitrogens with zero attached hydrogens (tertiary/aromatic N) is 1. The van der Waals surface area contributed by atoms with Gasteiger partial charge in [0, 0.05) is 27.6 Å². The molecule has 6 aromatic carbocycles. The second-order valence-corrected chi connectivity index (χ2v) is 18.1. The molecule has 0 saturated carbocycles. The number of hydrogen-bond donors (Lipinski definition) is 0. The first-order chi connectivity index (χ1) is 25.2. The molecule has 8 rings (SSSR count). The Balaban J connectivity index is 1.46. The van der Waals surface area contributed by atoms with Crippen LogP contribution in [0.25, 0.3) is 33.4 Å². The van der Waals surface area contributed by atoms with Gasteiger partial charge in [-0.2, -0.15) is 0 Å². The van der Waals surface area contributed by atoms with Crippen molar-refractivity contribution < 1.29 is 0 Å². The summed E-state index contributed by atoms with van der Waals surface area (Å²) < 4.78 is 0. The summed E-state index contributed by atoms with van der Waals surface area (Å²) in [5.74, 6) is 0. The molecule has 2 aliphatic carbocycles. The molecule has 0 atom stereocenters. The van der Waals surface area contributed by atoms with Crippen molar-refractivity contribution in [2.75, 3.05) is 4.90 Å². The molecule has 53 heavy (non-hydrogen) atoms. The van der Waals surface area contributed by atoms with Crippen LogP contribution >= 0.6 is 0 Å². The van der Waals surface area contributed by atoms with E-state index in [4.69, 9.17) is 0 Å². The molecule has 0 aromatic heterocycles. The van der Waals surface area contributed by atoms with Gasteiger partial charge in [-0.1, -0.05) is 166 Å². The highest BCUT2D eigenvalue weighted by atomic mass is 15.1. The van der Waals surface area contributed by atoms with Crippen molar-refractivity contribution in [1.29, 1.82) is 0 Å². The summed E-state index contributed by atoms with van der Waals surface area (Å²) >= 11 is 0. The zero-order valence-electron chi connectivity index (χ0n) is 33.5. The van der Waals surface area contributed by atoms with E-state index in [1.165, 1.54) is 83.8 Å². The Kier molecular flexibility index (Phi) is 8.19. The van der Waals surface area contributed by atoms with Gasteiger partial charge in [-0.25, -0.2) is 0 Å². The maximum absolute atomic E-state index is 2.62. The third-order valence-electron chi connectivity index (χ3n) is 12.6. The Hall–Kier alpha value is -4.88. The van der Waals surface area contributed by atoms with Crippen LogP contribution in [0.15, 0.2) is 127 Å².